The third-order valence-electron chi connectivity index (χ3n) is 7.12. The highest BCUT2D eigenvalue weighted by Crippen LogP contribution is 2.27. The number of halogens is 1. The fourth-order valence-corrected chi connectivity index (χ4v) is 5.28. The van der Waals surface area contributed by atoms with Crippen LogP contribution in [-0.2, 0) is 11.8 Å². The number of nitrogens with one attached hydrogen (secondary N) is 2. The van der Waals surface area contributed by atoms with Crippen LogP contribution in [0.15, 0.2) is 42.5 Å². The number of hydrogen-bond donors (Lipinski definition) is 2. The minimum absolute atomic E-state index is 0.0609. The number of carbonyl (C=O) groups excluding carboxylic acids is 3. The molecule has 0 saturated carbocycles. The van der Waals surface area contributed by atoms with Gasteiger partial charge in [0, 0.05) is 41.8 Å². The lowest BCUT2D eigenvalue weighted by Crippen LogP contribution is -2.46. The molecule has 0 fully saturated rings. The molecule has 2 heterocycles. The van der Waals surface area contributed by atoms with E-state index in [2.05, 4.69) is 24.5 Å². The van der Waals surface area contributed by atoms with Gasteiger partial charge in [-0.3, -0.25) is 14.4 Å². The SMILES string of the molecule is Cc1c(C(=O)N2CCCCNC(=O)c3cc(Cl)ccc3OC[C@@H](CC(C)C)NC(=O)C2)c2ccccc2n1C. The molecule has 3 aromatic rings. The summed E-state index contributed by atoms with van der Waals surface area (Å²) in [6, 6.07) is 12.4. The molecule has 0 aliphatic carbocycles. The average molecular weight is 553 g/mol. The number of ether oxygens (including phenoxy) is 1. The Hall–Kier alpha value is -3.52. The van der Waals surface area contributed by atoms with Crippen molar-refractivity contribution in [1.82, 2.24) is 20.1 Å². The van der Waals surface area contributed by atoms with Crippen LogP contribution in [0.25, 0.3) is 10.9 Å². The van der Waals surface area contributed by atoms with E-state index in [0.717, 1.165) is 16.6 Å². The van der Waals surface area contributed by atoms with E-state index in [-0.39, 0.29) is 36.9 Å². The molecule has 4 rings (SSSR count). The Morgan fingerprint density at radius 1 is 1.15 bits per heavy atom. The number of aryl methyl sites for hydroxylation is 1. The van der Waals surface area contributed by atoms with Gasteiger partial charge in [0.05, 0.1) is 23.7 Å². The van der Waals surface area contributed by atoms with E-state index in [0.29, 0.717) is 60.2 Å². The Morgan fingerprint density at radius 2 is 1.92 bits per heavy atom. The molecule has 0 spiro atoms. The standard InChI is InChI=1S/C30H37ClN4O4/c1-19(2)15-22-18-39-26-12-11-21(31)16-24(26)29(37)32-13-7-8-14-35(17-27(36)33-22)30(38)28-20(3)34(4)25-10-6-5-9-23(25)28/h5-6,9-12,16,19,22H,7-8,13-15,17-18H2,1-4H3,(H,32,37)(H,33,36)/t22-/m1/s1. The summed E-state index contributed by atoms with van der Waals surface area (Å²) in [5.41, 5.74) is 2.79. The molecule has 1 aliphatic heterocycles. The first-order valence-electron chi connectivity index (χ1n) is 13.5. The first-order valence-corrected chi connectivity index (χ1v) is 13.9. The lowest BCUT2D eigenvalue weighted by atomic mass is 10.0. The van der Waals surface area contributed by atoms with Gasteiger partial charge in [0.25, 0.3) is 11.8 Å². The van der Waals surface area contributed by atoms with Crippen molar-refractivity contribution in [2.24, 2.45) is 13.0 Å². The van der Waals surface area contributed by atoms with Crippen LogP contribution in [0.5, 0.6) is 5.75 Å². The predicted molar refractivity (Wildman–Crippen MR) is 153 cm³/mol. The summed E-state index contributed by atoms with van der Waals surface area (Å²) in [5, 5.41) is 7.32. The van der Waals surface area contributed by atoms with Gasteiger partial charge in [-0.05, 0) is 56.4 Å². The lowest BCUT2D eigenvalue weighted by Gasteiger charge is -2.25. The van der Waals surface area contributed by atoms with Crippen molar-refractivity contribution in [3.63, 3.8) is 0 Å². The summed E-state index contributed by atoms with van der Waals surface area (Å²) in [6.45, 7) is 7.00. The number of rotatable bonds is 3. The maximum atomic E-state index is 13.9. The number of benzene rings is 2. The van der Waals surface area contributed by atoms with E-state index < -0.39 is 0 Å². The van der Waals surface area contributed by atoms with E-state index in [1.54, 1.807) is 23.1 Å². The van der Waals surface area contributed by atoms with Crippen LogP contribution in [0.1, 0.15) is 59.5 Å². The third-order valence-corrected chi connectivity index (χ3v) is 7.36. The van der Waals surface area contributed by atoms with Crippen molar-refractivity contribution in [3.05, 3.63) is 64.3 Å². The lowest BCUT2D eigenvalue weighted by molar-refractivity contribution is -0.122. The topological polar surface area (TPSA) is 92.7 Å². The molecule has 9 heteroatoms. The van der Waals surface area contributed by atoms with Gasteiger partial charge < -0.3 is 24.8 Å². The second-order valence-electron chi connectivity index (χ2n) is 10.6. The fourth-order valence-electron chi connectivity index (χ4n) is 5.11. The molecular formula is C30H37ClN4O4. The molecule has 208 valence electrons. The van der Waals surface area contributed by atoms with Gasteiger partial charge in [0.1, 0.15) is 12.4 Å². The number of aromatic nitrogens is 1. The van der Waals surface area contributed by atoms with Crippen molar-refractivity contribution in [1.29, 1.82) is 0 Å². The zero-order chi connectivity index (χ0) is 28.1. The quantitative estimate of drug-likeness (QED) is 0.492. The Kier molecular flexibility index (Phi) is 9.17. The van der Waals surface area contributed by atoms with Crippen LogP contribution in [0, 0.1) is 12.8 Å². The van der Waals surface area contributed by atoms with Crippen molar-refractivity contribution in [2.45, 2.75) is 46.1 Å². The van der Waals surface area contributed by atoms with Gasteiger partial charge in [-0.2, -0.15) is 0 Å². The van der Waals surface area contributed by atoms with Crippen molar-refractivity contribution in [3.8, 4) is 5.75 Å². The Bertz CT molecular complexity index is 1370. The number of nitrogens with zero attached hydrogens (tertiary/aromatic N) is 2. The van der Waals surface area contributed by atoms with E-state index >= 15 is 0 Å². The zero-order valence-corrected chi connectivity index (χ0v) is 23.8. The van der Waals surface area contributed by atoms with Crippen LogP contribution in [0.2, 0.25) is 5.02 Å². The van der Waals surface area contributed by atoms with Gasteiger partial charge in [-0.25, -0.2) is 0 Å². The first kappa shape index (κ1) is 28.5. The summed E-state index contributed by atoms with van der Waals surface area (Å²) in [6.07, 6.45) is 1.94. The zero-order valence-electron chi connectivity index (χ0n) is 23.1. The molecule has 2 aromatic carbocycles. The van der Waals surface area contributed by atoms with Gasteiger partial charge in [-0.1, -0.05) is 43.6 Å². The van der Waals surface area contributed by atoms with Crippen LogP contribution in [-0.4, -0.2) is 59.5 Å². The second-order valence-corrected chi connectivity index (χ2v) is 11.0. The first-order chi connectivity index (χ1) is 18.7. The molecule has 3 amide bonds. The molecule has 0 unspecified atom stereocenters. The van der Waals surface area contributed by atoms with Gasteiger partial charge in [-0.15, -0.1) is 0 Å². The van der Waals surface area contributed by atoms with Crippen molar-refractivity contribution in [2.75, 3.05) is 26.2 Å². The summed E-state index contributed by atoms with van der Waals surface area (Å²) < 4.78 is 8.05. The Balaban J connectivity index is 1.61. The molecule has 0 saturated heterocycles. The van der Waals surface area contributed by atoms with E-state index in [1.807, 2.05) is 42.8 Å². The maximum absolute atomic E-state index is 13.9. The van der Waals surface area contributed by atoms with Crippen molar-refractivity contribution >= 4 is 40.2 Å². The molecule has 2 N–H and O–H groups in total. The number of para-hydroxylation sites is 1. The molecule has 1 aliphatic rings. The number of fused-ring (bicyclic) bond motifs is 2. The normalized spacial score (nSPS) is 17.6. The summed E-state index contributed by atoms with van der Waals surface area (Å²) >= 11 is 6.17. The number of hydrogen-bond acceptors (Lipinski definition) is 4. The largest absolute Gasteiger partial charge is 0.491 e. The van der Waals surface area contributed by atoms with Crippen LogP contribution in [0.4, 0.5) is 0 Å². The summed E-state index contributed by atoms with van der Waals surface area (Å²) in [5.74, 6) is 0.0246. The van der Waals surface area contributed by atoms with E-state index in [9.17, 15) is 14.4 Å². The minimum Gasteiger partial charge on any atom is -0.491 e. The molecule has 8 nitrogen and oxygen atoms in total. The monoisotopic (exact) mass is 552 g/mol. The molecule has 0 bridgehead atoms. The minimum atomic E-state index is -0.300. The number of carbonyl (C=O) groups is 3. The van der Waals surface area contributed by atoms with E-state index in [1.165, 1.54) is 0 Å². The van der Waals surface area contributed by atoms with Crippen LogP contribution < -0.4 is 15.4 Å². The van der Waals surface area contributed by atoms with E-state index in [4.69, 9.17) is 16.3 Å². The van der Waals surface area contributed by atoms with Crippen molar-refractivity contribution < 1.29 is 19.1 Å². The summed E-state index contributed by atoms with van der Waals surface area (Å²) in [7, 11) is 1.94. The average Bonchev–Trinajstić information content (AvgIpc) is 3.15. The Labute approximate surface area is 234 Å². The third kappa shape index (κ3) is 6.74. The van der Waals surface area contributed by atoms with Gasteiger partial charge in [0.15, 0.2) is 0 Å². The molecular weight excluding hydrogens is 516 g/mol. The molecule has 39 heavy (non-hydrogen) atoms. The number of amides is 3. The van der Waals surface area contributed by atoms with Gasteiger partial charge in [0.2, 0.25) is 5.91 Å². The Morgan fingerprint density at radius 3 is 2.69 bits per heavy atom. The fraction of sp³-hybridized carbons (Fsp3) is 0.433. The smallest absolute Gasteiger partial charge is 0.256 e. The highest BCUT2D eigenvalue weighted by Gasteiger charge is 2.26. The highest BCUT2D eigenvalue weighted by atomic mass is 35.5. The van der Waals surface area contributed by atoms with Crippen LogP contribution >= 0.6 is 11.6 Å². The van der Waals surface area contributed by atoms with Gasteiger partial charge >= 0.3 is 0 Å². The maximum Gasteiger partial charge on any atom is 0.256 e. The second kappa shape index (κ2) is 12.6. The van der Waals surface area contributed by atoms with Crippen LogP contribution in [0.3, 0.4) is 0 Å². The predicted octanol–water partition coefficient (Wildman–Crippen LogP) is 4.72. The molecule has 1 atom stereocenters. The highest BCUT2D eigenvalue weighted by molar-refractivity contribution is 6.31. The summed E-state index contributed by atoms with van der Waals surface area (Å²) in [4.78, 5) is 41.8. The molecule has 0 radical (unpaired) electrons. The molecule has 1 aromatic heterocycles.